The Morgan fingerprint density at radius 3 is 2.62 bits per heavy atom. The van der Waals surface area contributed by atoms with Crippen LogP contribution in [0.15, 0.2) is 48.9 Å². The average Bonchev–Trinajstić information content (AvgIpc) is 3.13. The number of thiazole rings is 1. The molecule has 1 aliphatic heterocycles. The van der Waals surface area contributed by atoms with Gasteiger partial charge in [0.1, 0.15) is 4.88 Å². The number of hydrogen-bond donors (Lipinski definition) is 0. The molecule has 1 aromatic carbocycles. The average molecular weight is 365 g/mol. The van der Waals surface area contributed by atoms with Crippen molar-refractivity contribution in [3.63, 3.8) is 0 Å². The van der Waals surface area contributed by atoms with E-state index >= 15 is 0 Å². The molecule has 6 nitrogen and oxygen atoms in total. The normalized spacial score (nSPS) is 16.9. The van der Waals surface area contributed by atoms with E-state index in [1.807, 2.05) is 23.1 Å². The number of fused-ring (bicyclic) bond motifs is 1. The molecule has 3 aromatic rings. The molecular formula is C19H19N5OS. The van der Waals surface area contributed by atoms with Gasteiger partial charge in [-0.1, -0.05) is 12.1 Å². The number of aromatic nitrogens is 3. The number of benzene rings is 1. The van der Waals surface area contributed by atoms with Crippen LogP contribution in [-0.2, 0) is 0 Å². The first-order valence-corrected chi connectivity index (χ1v) is 9.34. The van der Waals surface area contributed by atoms with Crippen LogP contribution < -0.4 is 9.80 Å². The van der Waals surface area contributed by atoms with Crippen molar-refractivity contribution in [1.82, 2.24) is 15.0 Å². The zero-order valence-electron chi connectivity index (χ0n) is 14.7. The summed E-state index contributed by atoms with van der Waals surface area (Å²) in [6, 6.07) is 9.91. The Morgan fingerprint density at radius 2 is 1.85 bits per heavy atom. The molecule has 0 bridgehead atoms. The SMILES string of the molecule is C[C@@H]1CCN(C)c2ccccc2N1C(=O)c1cnc(-c2ncccn2)s1. The number of nitrogens with zero attached hydrogens (tertiary/aromatic N) is 5. The maximum Gasteiger partial charge on any atom is 0.270 e. The lowest BCUT2D eigenvalue weighted by atomic mass is 10.1. The molecule has 1 aliphatic rings. The number of para-hydroxylation sites is 2. The van der Waals surface area contributed by atoms with Gasteiger partial charge in [-0.05, 0) is 31.5 Å². The van der Waals surface area contributed by atoms with Crippen molar-refractivity contribution in [2.24, 2.45) is 0 Å². The molecular weight excluding hydrogens is 346 g/mol. The van der Waals surface area contributed by atoms with Crippen LogP contribution in [0, 0.1) is 0 Å². The summed E-state index contributed by atoms with van der Waals surface area (Å²) in [5.74, 6) is 0.514. The lowest BCUT2D eigenvalue weighted by Crippen LogP contribution is -2.38. The first kappa shape index (κ1) is 16.7. The third kappa shape index (κ3) is 2.94. The Labute approximate surface area is 156 Å². The summed E-state index contributed by atoms with van der Waals surface area (Å²) < 4.78 is 0. The van der Waals surface area contributed by atoms with E-state index in [0.29, 0.717) is 15.7 Å². The summed E-state index contributed by atoms with van der Waals surface area (Å²) in [6.07, 6.45) is 5.88. The summed E-state index contributed by atoms with van der Waals surface area (Å²) in [5.41, 5.74) is 2.01. The quantitative estimate of drug-likeness (QED) is 0.696. The highest BCUT2D eigenvalue weighted by atomic mass is 32.1. The van der Waals surface area contributed by atoms with E-state index in [-0.39, 0.29) is 11.9 Å². The van der Waals surface area contributed by atoms with Gasteiger partial charge in [-0.25, -0.2) is 15.0 Å². The van der Waals surface area contributed by atoms with Crippen molar-refractivity contribution in [2.45, 2.75) is 19.4 Å². The molecule has 0 aliphatic carbocycles. The van der Waals surface area contributed by atoms with E-state index in [0.717, 1.165) is 24.3 Å². The fourth-order valence-electron chi connectivity index (χ4n) is 3.17. The maximum atomic E-state index is 13.3. The second-order valence-corrected chi connectivity index (χ2v) is 7.36. The van der Waals surface area contributed by atoms with Gasteiger partial charge >= 0.3 is 0 Å². The highest BCUT2D eigenvalue weighted by Gasteiger charge is 2.30. The van der Waals surface area contributed by atoms with Gasteiger partial charge in [0.15, 0.2) is 10.8 Å². The van der Waals surface area contributed by atoms with Gasteiger partial charge in [-0.15, -0.1) is 11.3 Å². The minimum absolute atomic E-state index is 0.0278. The number of carbonyl (C=O) groups excluding carboxylic acids is 1. The molecule has 1 atom stereocenters. The van der Waals surface area contributed by atoms with Gasteiger partial charge in [0.2, 0.25) is 0 Å². The summed E-state index contributed by atoms with van der Waals surface area (Å²) in [7, 11) is 2.07. The van der Waals surface area contributed by atoms with Gasteiger partial charge < -0.3 is 9.80 Å². The topological polar surface area (TPSA) is 62.2 Å². The van der Waals surface area contributed by atoms with Crippen LogP contribution in [-0.4, -0.2) is 40.5 Å². The summed E-state index contributed by atoms with van der Waals surface area (Å²) in [4.78, 5) is 30.8. The molecule has 0 saturated carbocycles. The van der Waals surface area contributed by atoms with E-state index < -0.39 is 0 Å². The van der Waals surface area contributed by atoms with Crippen molar-refractivity contribution in [2.75, 3.05) is 23.4 Å². The van der Waals surface area contributed by atoms with Gasteiger partial charge in [0, 0.05) is 32.0 Å². The number of hydrogen-bond acceptors (Lipinski definition) is 6. The third-order valence-electron chi connectivity index (χ3n) is 4.57. The summed E-state index contributed by atoms with van der Waals surface area (Å²) >= 11 is 1.33. The van der Waals surface area contributed by atoms with Gasteiger partial charge in [0.05, 0.1) is 17.6 Å². The van der Waals surface area contributed by atoms with E-state index in [2.05, 4.69) is 39.9 Å². The second kappa shape index (κ2) is 6.84. The molecule has 4 rings (SSSR count). The molecule has 0 unspecified atom stereocenters. The van der Waals surface area contributed by atoms with Crippen LogP contribution in [0.1, 0.15) is 23.0 Å². The zero-order valence-corrected chi connectivity index (χ0v) is 15.5. The van der Waals surface area contributed by atoms with Crippen molar-refractivity contribution in [3.05, 3.63) is 53.8 Å². The fraction of sp³-hybridized carbons (Fsp3) is 0.263. The van der Waals surface area contributed by atoms with Crippen LogP contribution in [0.5, 0.6) is 0 Å². The molecule has 0 N–H and O–H groups in total. The molecule has 0 radical (unpaired) electrons. The van der Waals surface area contributed by atoms with Crippen molar-refractivity contribution in [1.29, 1.82) is 0 Å². The lowest BCUT2D eigenvalue weighted by molar-refractivity contribution is 0.0982. The fourth-order valence-corrected chi connectivity index (χ4v) is 3.97. The largest absolute Gasteiger partial charge is 0.373 e. The van der Waals surface area contributed by atoms with Crippen LogP contribution in [0.2, 0.25) is 0 Å². The number of carbonyl (C=O) groups is 1. The van der Waals surface area contributed by atoms with Crippen LogP contribution in [0.25, 0.3) is 10.8 Å². The standard InChI is InChI=1S/C19H19N5OS/c1-13-8-11-23(2)14-6-3-4-7-15(14)24(13)19(25)16-12-22-18(26-16)17-20-9-5-10-21-17/h3-7,9-10,12-13H,8,11H2,1-2H3/t13-/m1/s1. The van der Waals surface area contributed by atoms with Crippen LogP contribution in [0.4, 0.5) is 11.4 Å². The number of anilines is 2. The predicted octanol–water partition coefficient (Wildman–Crippen LogP) is 3.48. The Bertz CT molecular complexity index is 926. The van der Waals surface area contributed by atoms with Crippen LogP contribution in [0.3, 0.4) is 0 Å². The highest BCUT2D eigenvalue weighted by molar-refractivity contribution is 7.17. The van der Waals surface area contributed by atoms with E-state index in [1.165, 1.54) is 11.3 Å². The molecule has 2 aromatic heterocycles. The van der Waals surface area contributed by atoms with Gasteiger partial charge in [-0.3, -0.25) is 4.79 Å². The smallest absolute Gasteiger partial charge is 0.270 e. The van der Waals surface area contributed by atoms with E-state index in [9.17, 15) is 4.79 Å². The Morgan fingerprint density at radius 1 is 1.12 bits per heavy atom. The lowest BCUT2D eigenvalue weighted by Gasteiger charge is -2.28. The van der Waals surface area contributed by atoms with E-state index in [4.69, 9.17) is 0 Å². The molecule has 0 fully saturated rings. The molecule has 132 valence electrons. The molecule has 0 saturated heterocycles. The molecule has 3 heterocycles. The monoisotopic (exact) mass is 365 g/mol. The predicted molar refractivity (Wildman–Crippen MR) is 104 cm³/mol. The van der Waals surface area contributed by atoms with E-state index in [1.54, 1.807) is 24.7 Å². The first-order chi connectivity index (χ1) is 12.6. The van der Waals surface area contributed by atoms with Gasteiger partial charge in [-0.2, -0.15) is 0 Å². The maximum absolute atomic E-state index is 13.3. The first-order valence-electron chi connectivity index (χ1n) is 8.52. The summed E-state index contributed by atoms with van der Waals surface area (Å²) in [6.45, 7) is 3.00. The minimum Gasteiger partial charge on any atom is -0.373 e. The zero-order chi connectivity index (χ0) is 18.1. The van der Waals surface area contributed by atoms with Gasteiger partial charge in [0.25, 0.3) is 5.91 Å². The molecule has 0 spiro atoms. The number of amides is 1. The molecule has 1 amide bonds. The van der Waals surface area contributed by atoms with Crippen molar-refractivity contribution < 1.29 is 4.79 Å². The highest BCUT2D eigenvalue weighted by Crippen LogP contribution is 2.35. The van der Waals surface area contributed by atoms with Crippen molar-refractivity contribution >= 4 is 28.6 Å². The van der Waals surface area contributed by atoms with Crippen molar-refractivity contribution in [3.8, 4) is 10.8 Å². The summed E-state index contributed by atoms with van der Waals surface area (Å²) in [5, 5.41) is 0.654. The third-order valence-corrected chi connectivity index (χ3v) is 5.55. The Balaban J connectivity index is 1.71. The minimum atomic E-state index is -0.0278. The van der Waals surface area contributed by atoms with Crippen LogP contribution >= 0.6 is 11.3 Å². The molecule has 26 heavy (non-hydrogen) atoms. The number of rotatable bonds is 2. The molecule has 7 heteroatoms. The second-order valence-electron chi connectivity index (χ2n) is 6.33. The Kier molecular flexibility index (Phi) is 4.38. The Hall–Kier alpha value is -2.80.